The lowest BCUT2D eigenvalue weighted by Crippen LogP contribution is -2.51. The third kappa shape index (κ3) is 7.38. The highest BCUT2D eigenvalue weighted by atomic mass is 79.9. The van der Waals surface area contributed by atoms with E-state index in [2.05, 4.69) is 52.4 Å². The van der Waals surface area contributed by atoms with Crippen LogP contribution in [0.5, 0.6) is 0 Å². The van der Waals surface area contributed by atoms with Gasteiger partial charge in [0, 0.05) is 22.8 Å². The summed E-state index contributed by atoms with van der Waals surface area (Å²) < 4.78 is 1.05. The predicted octanol–water partition coefficient (Wildman–Crippen LogP) is 5.86. The van der Waals surface area contributed by atoms with Crippen LogP contribution in [0.2, 0.25) is 0 Å². The molecule has 32 heavy (non-hydrogen) atoms. The van der Waals surface area contributed by atoms with E-state index in [1.165, 1.54) is 24.0 Å². The van der Waals surface area contributed by atoms with Gasteiger partial charge in [-0.05, 0) is 49.4 Å². The number of hydrogen-bond donors (Lipinski definition) is 1. The first-order valence-electron chi connectivity index (χ1n) is 11.4. The van der Waals surface area contributed by atoms with Gasteiger partial charge in [0.2, 0.25) is 11.8 Å². The molecule has 6 heteroatoms. The lowest BCUT2D eigenvalue weighted by atomic mass is 10.1. The van der Waals surface area contributed by atoms with Crippen molar-refractivity contribution >= 4 is 39.5 Å². The number of carbonyl (C=O) groups is 2. The van der Waals surface area contributed by atoms with Crippen molar-refractivity contribution < 1.29 is 9.59 Å². The fourth-order valence-corrected chi connectivity index (χ4v) is 5.23. The van der Waals surface area contributed by atoms with Crippen LogP contribution in [0, 0.1) is 6.92 Å². The highest BCUT2D eigenvalue weighted by Gasteiger charge is 2.30. The molecule has 2 aromatic carbocycles. The molecular weight excluding hydrogens is 484 g/mol. The summed E-state index contributed by atoms with van der Waals surface area (Å²) in [7, 11) is 0. The second kappa shape index (κ2) is 12.4. The summed E-state index contributed by atoms with van der Waals surface area (Å²) in [4.78, 5) is 28.2. The number of thioether (sulfide) groups is 1. The van der Waals surface area contributed by atoms with Gasteiger partial charge in [-0.25, -0.2) is 0 Å². The summed E-state index contributed by atoms with van der Waals surface area (Å²) in [6, 6.07) is 16.2. The molecule has 1 atom stereocenters. The van der Waals surface area contributed by atoms with Crippen LogP contribution < -0.4 is 5.32 Å². The Kier molecular flexibility index (Phi) is 9.67. The Hall–Kier alpha value is -1.79. The number of hydrogen-bond acceptors (Lipinski definition) is 3. The summed E-state index contributed by atoms with van der Waals surface area (Å²) >= 11 is 5.05. The zero-order valence-electron chi connectivity index (χ0n) is 19.0. The van der Waals surface area contributed by atoms with Gasteiger partial charge in [0.1, 0.15) is 6.04 Å². The minimum atomic E-state index is -0.447. The lowest BCUT2D eigenvalue weighted by molar-refractivity contribution is -0.139. The van der Waals surface area contributed by atoms with Gasteiger partial charge < -0.3 is 10.2 Å². The van der Waals surface area contributed by atoms with Gasteiger partial charge in [0.15, 0.2) is 0 Å². The molecule has 1 aliphatic carbocycles. The van der Waals surface area contributed by atoms with E-state index in [1.54, 1.807) is 16.7 Å². The zero-order chi connectivity index (χ0) is 22.9. The number of halogens is 1. The van der Waals surface area contributed by atoms with Gasteiger partial charge in [-0.3, -0.25) is 9.59 Å². The van der Waals surface area contributed by atoms with E-state index in [4.69, 9.17) is 0 Å². The van der Waals surface area contributed by atoms with E-state index in [-0.39, 0.29) is 17.9 Å². The molecule has 1 N–H and O–H groups in total. The standard InChI is InChI=1S/C26H33BrN2O2S/c1-3-24(26(31)28-23-6-4-5-7-23)29(16-20-10-8-19(2)9-11-20)25(30)18-32-17-21-12-14-22(27)15-13-21/h8-15,23-24H,3-7,16-18H2,1-2H3,(H,28,31)/t24-/m0/s1. The minimum absolute atomic E-state index is 0.0149. The summed E-state index contributed by atoms with van der Waals surface area (Å²) in [6.07, 6.45) is 5.02. The molecule has 0 heterocycles. The van der Waals surface area contributed by atoms with Crippen molar-refractivity contribution in [3.63, 3.8) is 0 Å². The highest BCUT2D eigenvalue weighted by Crippen LogP contribution is 2.21. The van der Waals surface area contributed by atoms with Crippen molar-refractivity contribution in [1.29, 1.82) is 0 Å². The van der Waals surface area contributed by atoms with Crippen molar-refractivity contribution in [1.82, 2.24) is 10.2 Å². The summed E-state index contributed by atoms with van der Waals surface area (Å²) in [6.45, 7) is 4.49. The van der Waals surface area contributed by atoms with Crippen molar-refractivity contribution in [3.05, 3.63) is 69.7 Å². The van der Waals surface area contributed by atoms with Crippen LogP contribution in [0.15, 0.2) is 53.0 Å². The molecule has 0 unspecified atom stereocenters. The van der Waals surface area contributed by atoms with Crippen LogP contribution >= 0.6 is 27.7 Å². The van der Waals surface area contributed by atoms with Gasteiger partial charge >= 0.3 is 0 Å². The molecule has 0 bridgehead atoms. The monoisotopic (exact) mass is 516 g/mol. The SMILES string of the molecule is CC[C@@H](C(=O)NC1CCCC1)N(Cc1ccc(C)cc1)C(=O)CSCc1ccc(Br)cc1. The van der Waals surface area contributed by atoms with Crippen LogP contribution in [0.3, 0.4) is 0 Å². The average Bonchev–Trinajstić information content (AvgIpc) is 3.29. The van der Waals surface area contributed by atoms with Gasteiger partial charge in [-0.15, -0.1) is 11.8 Å². The van der Waals surface area contributed by atoms with Crippen LogP contribution in [0.25, 0.3) is 0 Å². The molecule has 1 saturated carbocycles. The molecule has 172 valence electrons. The van der Waals surface area contributed by atoms with Crippen molar-refractivity contribution in [2.75, 3.05) is 5.75 Å². The number of aryl methyl sites for hydroxylation is 1. The van der Waals surface area contributed by atoms with Crippen LogP contribution in [0.1, 0.15) is 55.7 Å². The van der Waals surface area contributed by atoms with E-state index in [0.717, 1.165) is 28.6 Å². The number of amides is 2. The number of nitrogens with one attached hydrogen (secondary N) is 1. The molecule has 4 nitrogen and oxygen atoms in total. The second-order valence-electron chi connectivity index (χ2n) is 8.54. The van der Waals surface area contributed by atoms with Crippen LogP contribution in [0.4, 0.5) is 0 Å². The van der Waals surface area contributed by atoms with Crippen LogP contribution in [-0.4, -0.2) is 34.6 Å². The highest BCUT2D eigenvalue weighted by molar-refractivity contribution is 9.10. The molecule has 2 amide bonds. The van der Waals surface area contributed by atoms with Gasteiger partial charge in [-0.2, -0.15) is 0 Å². The molecule has 3 rings (SSSR count). The summed E-state index contributed by atoms with van der Waals surface area (Å²) in [5.74, 6) is 1.12. The normalized spacial score (nSPS) is 14.8. The van der Waals surface area contributed by atoms with Crippen molar-refractivity contribution in [2.24, 2.45) is 0 Å². The Balaban J connectivity index is 1.68. The third-order valence-electron chi connectivity index (χ3n) is 5.97. The number of carbonyl (C=O) groups excluding carboxylic acids is 2. The Morgan fingerprint density at radius 3 is 2.31 bits per heavy atom. The van der Waals surface area contributed by atoms with Gasteiger partial charge in [0.05, 0.1) is 5.75 Å². The average molecular weight is 518 g/mol. The largest absolute Gasteiger partial charge is 0.352 e. The van der Waals surface area contributed by atoms with E-state index in [9.17, 15) is 9.59 Å². The minimum Gasteiger partial charge on any atom is -0.352 e. The Morgan fingerprint density at radius 2 is 1.69 bits per heavy atom. The zero-order valence-corrected chi connectivity index (χ0v) is 21.4. The predicted molar refractivity (Wildman–Crippen MR) is 137 cm³/mol. The smallest absolute Gasteiger partial charge is 0.243 e. The van der Waals surface area contributed by atoms with Crippen LogP contribution in [-0.2, 0) is 21.9 Å². The molecular formula is C26H33BrN2O2S. The molecule has 1 fully saturated rings. The van der Waals surface area contributed by atoms with Gasteiger partial charge in [-0.1, -0.05) is 77.7 Å². The molecule has 0 aliphatic heterocycles. The second-order valence-corrected chi connectivity index (χ2v) is 10.4. The number of benzene rings is 2. The molecule has 2 aromatic rings. The van der Waals surface area contributed by atoms with E-state index in [0.29, 0.717) is 18.7 Å². The molecule has 0 saturated heterocycles. The Labute approximate surface area is 204 Å². The molecule has 1 aliphatic rings. The number of rotatable bonds is 10. The van der Waals surface area contributed by atoms with Gasteiger partial charge in [0.25, 0.3) is 0 Å². The maximum atomic E-state index is 13.3. The molecule has 0 radical (unpaired) electrons. The van der Waals surface area contributed by atoms with E-state index >= 15 is 0 Å². The Bertz CT molecular complexity index is 880. The van der Waals surface area contributed by atoms with E-state index in [1.807, 2.05) is 31.2 Å². The molecule has 0 spiro atoms. The quantitative estimate of drug-likeness (QED) is 0.430. The first-order chi connectivity index (χ1) is 15.5. The maximum absolute atomic E-state index is 13.3. The Morgan fingerprint density at radius 1 is 1.06 bits per heavy atom. The first kappa shape index (κ1) is 24.8. The first-order valence-corrected chi connectivity index (χ1v) is 13.4. The third-order valence-corrected chi connectivity index (χ3v) is 7.49. The number of nitrogens with zero attached hydrogens (tertiary/aromatic N) is 1. The molecule has 0 aromatic heterocycles. The lowest BCUT2D eigenvalue weighted by Gasteiger charge is -2.31. The van der Waals surface area contributed by atoms with Crippen molar-refractivity contribution in [2.45, 2.75) is 70.3 Å². The maximum Gasteiger partial charge on any atom is 0.243 e. The fraction of sp³-hybridized carbons (Fsp3) is 0.462. The van der Waals surface area contributed by atoms with Crippen molar-refractivity contribution in [3.8, 4) is 0 Å². The topological polar surface area (TPSA) is 49.4 Å². The fourth-order valence-electron chi connectivity index (χ4n) is 4.10. The van der Waals surface area contributed by atoms with E-state index < -0.39 is 6.04 Å². The summed E-state index contributed by atoms with van der Waals surface area (Å²) in [5.41, 5.74) is 3.42. The summed E-state index contributed by atoms with van der Waals surface area (Å²) in [5, 5.41) is 3.20.